The van der Waals surface area contributed by atoms with Gasteiger partial charge < -0.3 is 18.9 Å². The van der Waals surface area contributed by atoms with E-state index in [0.717, 1.165) is 0 Å². The minimum atomic E-state index is -1.18. The van der Waals surface area contributed by atoms with Gasteiger partial charge in [-0.25, -0.2) is 9.59 Å². The molecule has 3 aromatic heterocycles. The number of rotatable bonds is 6. The lowest BCUT2D eigenvalue weighted by Gasteiger charge is -2.34. The molecule has 11 nitrogen and oxygen atoms in total. The monoisotopic (exact) mass is 577 g/mol. The van der Waals surface area contributed by atoms with Crippen LogP contribution in [0.1, 0.15) is 55.4 Å². The molecule has 200 valence electrons. The third kappa shape index (κ3) is 8.04. The van der Waals surface area contributed by atoms with Gasteiger partial charge in [0.1, 0.15) is 28.4 Å². The molecule has 1 amide bonds. The molecule has 0 unspecified atom stereocenters. The lowest BCUT2D eigenvalue weighted by molar-refractivity contribution is -0.0509. The lowest BCUT2D eigenvalue weighted by atomic mass is 10.1. The van der Waals surface area contributed by atoms with Gasteiger partial charge in [0.15, 0.2) is 5.65 Å². The van der Waals surface area contributed by atoms with Crippen LogP contribution in [0.2, 0.25) is 0 Å². The minimum Gasteiger partial charge on any atom is -0.443 e. The minimum absolute atomic E-state index is 0.0932. The molecule has 3 aromatic rings. The Bertz CT molecular complexity index is 1260. The Kier molecular flexibility index (Phi) is 8.01. The van der Waals surface area contributed by atoms with Crippen LogP contribution < -0.4 is 9.64 Å². The summed E-state index contributed by atoms with van der Waals surface area (Å²) in [5, 5.41) is 4.36. The van der Waals surface area contributed by atoms with Crippen LogP contribution in [-0.4, -0.2) is 55.2 Å². The third-order valence-electron chi connectivity index (χ3n) is 4.42. The number of hydrogen-bond acceptors (Lipinski definition) is 9. The number of fused-ring (bicyclic) bond motifs is 1. The molecule has 0 aromatic carbocycles. The summed E-state index contributed by atoms with van der Waals surface area (Å²) in [6.45, 7) is 13.7. The summed E-state index contributed by atoms with van der Waals surface area (Å²) in [5.41, 5.74) is -2.31. The number of aromatic nitrogens is 4. The number of pyridine rings is 1. The van der Waals surface area contributed by atoms with Gasteiger partial charge in [0, 0.05) is 12.3 Å². The summed E-state index contributed by atoms with van der Waals surface area (Å²) in [6.07, 6.45) is 3.18. The predicted molar refractivity (Wildman–Crippen MR) is 140 cm³/mol. The third-order valence-corrected chi connectivity index (χ3v) is 4.98. The van der Waals surface area contributed by atoms with Crippen LogP contribution in [0.15, 0.2) is 41.3 Å². The molecule has 0 atom stereocenters. The van der Waals surface area contributed by atoms with E-state index in [9.17, 15) is 9.59 Å². The summed E-state index contributed by atoms with van der Waals surface area (Å²) in [5.74, 6) is 0.930. The van der Waals surface area contributed by atoms with Gasteiger partial charge in [-0.2, -0.15) is 14.6 Å². The first-order valence-corrected chi connectivity index (χ1v) is 12.4. The number of amides is 1. The highest BCUT2D eigenvalue weighted by Gasteiger charge is 2.35. The second-order valence-corrected chi connectivity index (χ2v) is 11.7. The first kappa shape index (κ1) is 28.2. The fourth-order valence-corrected chi connectivity index (χ4v) is 3.49. The molecule has 37 heavy (non-hydrogen) atoms. The molecule has 0 aliphatic heterocycles. The highest BCUT2D eigenvalue weighted by atomic mass is 79.9. The fraction of sp³-hybridized carbons (Fsp3) is 0.480. The van der Waals surface area contributed by atoms with Crippen molar-refractivity contribution in [3.63, 3.8) is 0 Å². The summed E-state index contributed by atoms with van der Waals surface area (Å²) >= 11 is 3.44. The van der Waals surface area contributed by atoms with Crippen LogP contribution in [-0.2, 0) is 14.2 Å². The Hall–Kier alpha value is -3.41. The molecule has 0 spiro atoms. The molecule has 0 aliphatic rings. The van der Waals surface area contributed by atoms with Crippen molar-refractivity contribution in [2.75, 3.05) is 11.4 Å². The van der Waals surface area contributed by atoms with E-state index in [1.165, 1.54) is 9.42 Å². The molecule has 3 heterocycles. The Morgan fingerprint density at radius 3 is 2.27 bits per heavy atom. The lowest BCUT2D eigenvalue weighted by Crippen LogP contribution is -2.48. The Morgan fingerprint density at radius 2 is 1.68 bits per heavy atom. The highest BCUT2D eigenvalue weighted by Crippen LogP contribution is 2.31. The van der Waals surface area contributed by atoms with E-state index in [1.54, 1.807) is 92.2 Å². The van der Waals surface area contributed by atoms with Crippen LogP contribution in [0.4, 0.5) is 15.4 Å². The maximum Gasteiger partial charge on any atom is 0.509 e. The van der Waals surface area contributed by atoms with Crippen molar-refractivity contribution in [2.24, 2.45) is 0 Å². The van der Waals surface area contributed by atoms with Crippen molar-refractivity contribution in [3.05, 3.63) is 41.3 Å². The Labute approximate surface area is 224 Å². The zero-order valence-corrected chi connectivity index (χ0v) is 23.8. The second-order valence-electron chi connectivity index (χ2n) is 10.9. The normalized spacial score (nSPS) is 12.2. The number of hydrogen-bond donors (Lipinski definition) is 0. The van der Waals surface area contributed by atoms with Crippen molar-refractivity contribution >= 4 is 39.6 Å². The molecule has 0 radical (unpaired) electrons. The van der Waals surface area contributed by atoms with Crippen molar-refractivity contribution in [1.29, 1.82) is 0 Å². The van der Waals surface area contributed by atoms with Gasteiger partial charge in [-0.05, 0) is 83.5 Å². The second kappa shape index (κ2) is 10.5. The number of carbonyl (C=O) groups is 2. The average Bonchev–Trinajstić information content (AvgIpc) is 3.10. The number of nitrogens with zero attached hydrogens (tertiary/aromatic N) is 5. The number of carbonyl (C=O) groups excluding carboxylic acids is 2. The standard InChI is InChI=1S/C25H32BrN5O6/c1-23(2,3)35-21(32)30(15-25(7,8)37-22(33)36-24(4,5)6)19-12-18(34-16-10-9-11-27-13-16)29-20-17(26)14-28-31(19)20/h9-14H,15H2,1-8H3. The van der Waals surface area contributed by atoms with Gasteiger partial charge in [0.2, 0.25) is 5.88 Å². The smallest absolute Gasteiger partial charge is 0.443 e. The summed E-state index contributed by atoms with van der Waals surface area (Å²) in [7, 11) is 0. The molecule has 0 saturated heterocycles. The maximum atomic E-state index is 13.5. The molecule has 0 fully saturated rings. The van der Waals surface area contributed by atoms with E-state index in [0.29, 0.717) is 15.9 Å². The van der Waals surface area contributed by atoms with Crippen LogP contribution >= 0.6 is 15.9 Å². The number of halogens is 1. The SMILES string of the molecule is CC(C)(C)OC(=O)OC(C)(C)CN(C(=O)OC(C)(C)C)c1cc(Oc2cccnc2)nc2c(Br)cnn12. The molecular formula is C25H32BrN5O6. The van der Waals surface area contributed by atoms with Crippen molar-refractivity contribution in [3.8, 4) is 11.6 Å². The largest absolute Gasteiger partial charge is 0.509 e. The van der Waals surface area contributed by atoms with Gasteiger partial charge in [-0.1, -0.05) is 0 Å². The van der Waals surface area contributed by atoms with Crippen LogP contribution in [0.3, 0.4) is 0 Å². The topological polar surface area (TPSA) is 117 Å². The molecule has 0 aliphatic carbocycles. The van der Waals surface area contributed by atoms with E-state index < -0.39 is 29.1 Å². The van der Waals surface area contributed by atoms with E-state index in [1.807, 2.05) is 0 Å². The van der Waals surface area contributed by atoms with Gasteiger partial charge >= 0.3 is 12.2 Å². The van der Waals surface area contributed by atoms with Crippen LogP contribution in [0, 0.1) is 0 Å². The highest BCUT2D eigenvalue weighted by molar-refractivity contribution is 9.10. The summed E-state index contributed by atoms with van der Waals surface area (Å²) in [6, 6.07) is 5.01. The molecule has 3 rings (SSSR count). The zero-order chi connectivity index (χ0) is 27.6. The predicted octanol–water partition coefficient (Wildman–Crippen LogP) is 6.15. The van der Waals surface area contributed by atoms with E-state index in [2.05, 4.69) is 31.0 Å². The molecule has 0 saturated carbocycles. The zero-order valence-electron chi connectivity index (χ0n) is 22.2. The Balaban J connectivity index is 2.06. The van der Waals surface area contributed by atoms with Crippen molar-refractivity contribution in [1.82, 2.24) is 19.6 Å². The molecular weight excluding hydrogens is 546 g/mol. The van der Waals surface area contributed by atoms with Crippen LogP contribution in [0.5, 0.6) is 11.6 Å². The van der Waals surface area contributed by atoms with E-state index in [-0.39, 0.29) is 18.2 Å². The van der Waals surface area contributed by atoms with Crippen molar-refractivity contribution < 1.29 is 28.5 Å². The quantitative estimate of drug-likeness (QED) is 0.317. The van der Waals surface area contributed by atoms with E-state index >= 15 is 0 Å². The summed E-state index contributed by atoms with van der Waals surface area (Å²) in [4.78, 5) is 35.8. The first-order valence-electron chi connectivity index (χ1n) is 11.6. The summed E-state index contributed by atoms with van der Waals surface area (Å²) < 4.78 is 24.5. The van der Waals surface area contributed by atoms with Gasteiger partial charge in [-0.3, -0.25) is 9.88 Å². The average molecular weight is 578 g/mol. The molecule has 0 N–H and O–H groups in total. The van der Waals surface area contributed by atoms with E-state index in [4.69, 9.17) is 18.9 Å². The Morgan fingerprint density at radius 1 is 1.00 bits per heavy atom. The van der Waals surface area contributed by atoms with Gasteiger partial charge in [-0.15, -0.1) is 0 Å². The van der Waals surface area contributed by atoms with Crippen LogP contribution in [0.25, 0.3) is 5.65 Å². The number of anilines is 1. The van der Waals surface area contributed by atoms with Crippen molar-refractivity contribution in [2.45, 2.75) is 72.2 Å². The molecule has 0 bridgehead atoms. The number of ether oxygens (including phenoxy) is 4. The fourth-order valence-electron chi connectivity index (χ4n) is 3.14. The maximum absolute atomic E-state index is 13.5. The van der Waals surface area contributed by atoms with Gasteiger partial charge in [0.25, 0.3) is 0 Å². The molecule has 12 heteroatoms. The first-order chi connectivity index (χ1) is 17.0. The van der Waals surface area contributed by atoms with Gasteiger partial charge in [0.05, 0.1) is 23.4 Å².